The molecule has 0 aromatic heterocycles. The smallest absolute Gasteiger partial charge is 0.0326 e. The van der Waals surface area contributed by atoms with Gasteiger partial charge in [0.1, 0.15) is 0 Å². The predicted octanol–water partition coefficient (Wildman–Crippen LogP) is 6.45. The van der Waals surface area contributed by atoms with Crippen LogP contribution in [0.25, 0.3) is 0 Å². The maximum absolute atomic E-state index is 2.53. The summed E-state index contributed by atoms with van der Waals surface area (Å²) in [6, 6.07) is 0. The minimum absolute atomic E-state index is 1.06. The van der Waals surface area contributed by atoms with Gasteiger partial charge < -0.3 is 0 Å². The third kappa shape index (κ3) is 3.80. The minimum atomic E-state index is 1.06. The largest absolute Gasteiger partial charge is 0.0651 e. The molecule has 20 heavy (non-hydrogen) atoms. The van der Waals surface area contributed by atoms with Crippen molar-refractivity contribution in [1.29, 1.82) is 0 Å². The molecule has 0 radical (unpaired) electrons. The molecule has 0 saturated heterocycles. The van der Waals surface area contributed by atoms with Crippen molar-refractivity contribution in [3.8, 4) is 0 Å². The van der Waals surface area contributed by atoms with Crippen molar-refractivity contribution in [2.24, 2.45) is 35.5 Å². The fourth-order valence-electron chi connectivity index (χ4n) is 5.28. The van der Waals surface area contributed by atoms with Crippen LogP contribution >= 0.6 is 0 Å². The third-order valence-corrected chi connectivity index (χ3v) is 6.97. The molecule has 0 bridgehead atoms. The molecule has 5 unspecified atom stereocenters. The molecule has 0 heteroatoms. The molecule has 0 nitrogen and oxygen atoms in total. The average Bonchev–Trinajstić information content (AvgIpc) is 3.34. The van der Waals surface area contributed by atoms with Crippen LogP contribution in [0.15, 0.2) is 0 Å². The van der Waals surface area contributed by atoms with E-state index in [0.717, 1.165) is 35.5 Å². The number of hydrogen-bond donors (Lipinski definition) is 0. The number of rotatable bonds is 4. The summed E-state index contributed by atoms with van der Waals surface area (Å²) in [6.07, 6.45) is 18.4. The zero-order valence-electron chi connectivity index (χ0n) is 13.9. The molecular formula is C20H36. The fourth-order valence-corrected chi connectivity index (χ4v) is 5.28. The molecule has 0 amide bonds. The molecule has 116 valence electrons. The van der Waals surface area contributed by atoms with Crippen LogP contribution in [0.1, 0.15) is 90.9 Å². The third-order valence-electron chi connectivity index (χ3n) is 6.97. The van der Waals surface area contributed by atoms with Gasteiger partial charge in [-0.25, -0.2) is 0 Å². The maximum atomic E-state index is 2.53. The summed E-state index contributed by atoms with van der Waals surface area (Å²) in [5.41, 5.74) is 0. The topological polar surface area (TPSA) is 0 Å². The Morgan fingerprint density at radius 2 is 1.40 bits per heavy atom. The first-order chi connectivity index (χ1) is 9.79. The lowest BCUT2D eigenvalue weighted by molar-refractivity contribution is 0.333. The van der Waals surface area contributed by atoms with Crippen LogP contribution in [-0.4, -0.2) is 0 Å². The van der Waals surface area contributed by atoms with Gasteiger partial charge in [-0.3, -0.25) is 0 Å². The summed E-state index contributed by atoms with van der Waals surface area (Å²) in [5, 5.41) is 0. The van der Waals surface area contributed by atoms with E-state index in [1.54, 1.807) is 51.4 Å². The van der Waals surface area contributed by atoms with Crippen LogP contribution in [0.5, 0.6) is 0 Å². The lowest BCUT2D eigenvalue weighted by atomic mass is 9.87. The van der Waals surface area contributed by atoms with Gasteiger partial charge in [-0.1, -0.05) is 84.5 Å². The van der Waals surface area contributed by atoms with Gasteiger partial charge in [0.25, 0.3) is 0 Å². The van der Waals surface area contributed by atoms with Crippen molar-refractivity contribution in [3.05, 3.63) is 0 Å². The van der Waals surface area contributed by atoms with E-state index in [-0.39, 0.29) is 0 Å². The summed E-state index contributed by atoms with van der Waals surface area (Å²) in [4.78, 5) is 0. The highest BCUT2D eigenvalue weighted by molar-refractivity contribution is 4.97. The molecule has 3 fully saturated rings. The van der Waals surface area contributed by atoms with Gasteiger partial charge >= 0.3 is 0 Å². The van der Waals surface area contributed by atoms with Crippen LogP contribution < -0.4 is 0 Å². The van der Waals surface area contributed by atoms with Crippen LogP contribution in [-0.2, 0) is 0 Å². The van der Waals surface area contributed by atoms with Gasteiger partial charge in [-0.05, 0) is 41.9 Å². The Kier molecular flexibility index (Phi) is 5.10. The number of fused-ring (bicyclic) bond motifs is 1. The quantitative estimate of drug-likeness (QED) is 0.554. The zero-order valence-corrected chi connectivity index (χ0v) is 13.9. The Hall–Kier alpha value is 0. The molecule has 3 saturated carbocycles. The molecule has 5 atom stereocenters. The fraction of sp³-hybridized carbons (Fsp3) is 1.00. The molecule has 0 aliphatic heterocycles. The first kappa shape index (κ1) is 14.9. The van der Waals surface area contributed by atoms with Crippen molar-refractivity contribution in [3.63, 3.8) is 0 Å². The normalized spacial score (nSPS) is 42.6. The molecule has 0 N–H and O–H groups in total. The lowest BCUT2D eigenvalue weighted by Crippen LogP contribution is -2.06. The second-order valence-electron chi connectivity index (χ2n) is 8.37. The maximum Gasteiger partial charge on any atom is -0.0326 e. The summed E-state index contributed by atoms with van der Waals surface area (Å²) in [6.45, 7) is 4.97. The van der Waals surface area contributed by atoms with E-state index >= 15 is 0 Å². The molecule has 3 aliphatic rings. The Morgan fingerprint density at radius 3 is 2.10 bits per heavy atom. The monoisotopic (exact) mass is 276 g/mol. The second-order valence-corrected chi connectivity index (χ2v) is 8.37. The molecular weight excluding hydrogens is 240 g/mol. The summed E-state index contributed by atoms with van der Waals surface area (Å²) in [5.74, 6) is 6.58. The highest BCUT2D eigenvalue weighted by atomic mass is 14.5. The summed E-state index contributed by atoms with van der Waals surface area (Å²) in [7, 11) is 0. The van der Waals surface area contributed by atoms with Crippen LogP contribution in [0.2, 0.25) is 0 Å². The van der Waals surface area contributed by atoms with Crippen LogP contribution in [0.3, 0.4) is 0 Å². The predicted molar refractivity (Wildman–Crippen MR) is 87.7 cm³/mol. The Morgan fingerprint density at radius 1 is 0.750 bits per heavy atom. The Bertz CT molecular complexity index is 290. The van der Waals surface area contributed by atoms with Crippen LogP contribution in [0, 0.1) is 35.5 Å². The van der Waals surface area contributed by atoms with Crippen molar-refractivity contribution >= 4 is 0 Å². The molecule has 0 spiro atoms. The van der Waals surface area contributed by atoms with Gasteiger partial charge in [-0.2, -0.15) is 0 Å². The standard InChI is InChI=1S/C20H36/c1-3-18-9-6-8-16(11-12-17-13-14-17)7-4-5-10-19-15(2)20(18)19/h15-20H,3-14H2,1-2H3. The molecule has 3 rings (SSSR count). The van der Waals surface area contributed by atoms with Gasteiger partial charge in [0, 0.05) is 0 Å². The van der Waals surface area contributed by atoms with E-state index in [9.17, 15) is 0 Å². The van der Waals surface area contributed by atoms with Crippen molar-refractivity contribution in [1.82, 2.24) is 0 Å². The van der Waals surface area contributed by atoms with E-state index < -0.39 is 0 Å². The van der Waals surface area contributed by atoms with Gasteiger partial charge in [0.05, 0.1) is 0 Å². The Labute approximate surface area is 127 Å². The second kappa shape index (κ2) is 6.84. The summed E-state index contributed by atoms with van der Waals surface area (Å²) < 4.78 is 0. The molecule has 0 heterocycles. The van der Waals surface area contributed by atoms with Crippen molar-refractivity contribution < 1.29 is 0 Å². The number of hydrogen-bond acceptors (Lipinski definition) is 0. The average molecular weight is 277 g/mol. The van der Waals surface area contributed by atoms with E-state index in [4.69, 9.17) is 0 Å². The lowest BCUT2D eigenvalue weighted by Gasteiger charge is -2.19. The van der Waals surface area contributed by atoms with Crippen molar-refractivity contribution in [2.45, 2.75) is 90.9 Å². The molecule has 0 aromatic carbocycles. The van der Waals surface area contributed by atoms with Gasteiger partial charge in [-0.15, -0.1) is 0 Å². The first-order valence-electron chi connectivity index (χ1n) is 9.79. The van der Waals surface area contributed by atoms with Gasteiger partial charge in [0.15, 0.2) is 0 Å². The minimum Gasteiger partial charge on any atom is -0.0651 e. The van der Waals surface area contributed by atoms with E-state index in [2.05, 4.69) is 13.8 Å². The van der Waals surface area contributed by atoms with E-state index in [1.807, 2.05) is 0 Å². The highest BCUT2D eigenvalue weighted by Crippen LogP contribution is 2.55. The molecule has 3 aliphatic carbocycles. The van der Waals surface area contributed by atoms with E-state index in [0.29, 0.717) is 0 Å². The van der Waals surface area contributed by atoms with Gasteiger partial charge in [0.2, 0.25) is 0 Å². The molecule has 0 aromatic rings. The van der Waals surface area contributed by atoms with Crippen molar-refractivity contribution in [2.75, 3.05) is 0 Å². The SMILES string of the molecule is CCC1CCCC(CCC2CC2)CCCCC2C(C)C12. The highest BCUT2D eigenvalue weighted by Gasteiger charge is 2.49. The summed E-state index contributed by atoms with van der Waals surface area (Å²) >= 11 is 0. The Balaban J connectivity index is 1.48. The first-order valence-corrected chi connectivity index (χ1v) is 9.79. The zero-order chi connectivity index (χ0) is 13.9. The van der Waals surface area contributed by atoms with E-state index in [1.165, 1.54) is 25.7 Å². The van der Waals surface area contributed by atoms with Crippen LogP contribution in [0.4, 0.5) is 0 Å².